The highest BCUT2D eigenvalue weighted by molar-refractivity contribution is 9.10. The number of halogens is 3. The Balaban J connectivity index is 2.49. The van der Waals surface area contributed by atoms with Gasteiger partial charge in [0.15, 0.2) is 5.82 Å². The van der Waals surface area contributed by atoms with Gasteiger partial charge in [0, 0.05) is 13.7 Å². The third kappa shape index (κ3) is 3.04. The molecule has 0 saturated heterocycles. The van der Waals surface area contributed by atoms with Crippen molar-refractivity contribution in [1.29, 1.82) is 0 Å². The van der Waals surface area contributed by atoms with Crippen molar-refractivity contribution in [3.63, 3.8) is 0 Å². The summed E-state index contributed by atoms with van der Waals surface area (Å²) < 4.78 is 21.5. The van der Waals surface area contributed by atoms with Crippen LogP contribution in [0.25, 0.3) is 11.4 Å². The summed E-state index contributed by atoms with van der Waals surface area (Å²) >= 11 is 6.53. The molecule has 0 amide bonds. The molecule has 0 aliphatic heterocycles. The van der Waals surface area contributed by atoms with E-state index in [4.69, 9.17) is 4.74 Å². The zero-order valence-corrected chi connectivity index (χ0v) is 13.4. The molecule has 0 aliphatic rings. The number of aromatic nitrogens is 3. The summed E-state index contributed by atoms with van der Waals surface area (Å²) in [6, 6.07) is 5.11. The van der Waals surface area contributed by atoms with Crippen LogP contribution in [0, 0.1) is 5.82 Å². The van der Waals surface area contributed by atoms with Gasteiger partial charge in [-0.15, -0.1) is 10.2 Å². The number of hydrogen-bond donors (Lipinski definition) is 0. The fraction of sp³-hybridized carbons (Fsp3) is 0.333. The van der Waals surface area contributed by atoms with Crippen LogP contribution >= 0.6 is 31.9 Å². The molecule has 7 heteroatoms. The molecule has 0 N–H and O–H groups in total. The lowest BCUT2D eigenvalue weighted by molar-refractivity contribution is 0.187. The second-order valence-corrected chi connectivity index (χ2v) is 5.23. The fourth-order valence-corrected chi connectivity index (χ4v) is 2.51. The zero-order chi connectivity index (χ0) is 13.8. The van der Waals surface area contributed by atoms with E-state index in [1.54, 1.807) is 25.3 Å². The van der Waals surface area contributed by atoms with E-state index in [2.05, 4.69) is 42.1 Å². The van der Waals surface area contributed by atoms with E-state index in [1.165, 1.54) is 0 Å². The lowest BCUT2D eigenvalue weighted by Gasteiger charge is -2.09. The lowest BCUT2D eigenvalue weighted by atomic mass is 10.2. The van der Waals surface area contributed by atoms with Gasteiger partial charge in [0.2, 0.25) is 0 Å². The van der Waals surface area contributed by atoms with Crippen molar-refractivity contribution in [2.75, 3.05) is 13.7 Å². The number of methoxy groups -OCH3 is 1. The van der Waals surface area contributed by atoms with Gasteiger partial charge in [0.25, 0.3) is 0 Å². The third-order valence-electron chi connectivity index (χ3n) is 2.66. The molecule has 4 nitrogen and oxygen atoms in total. The Bertz CT molecular complexity index is 574. The average Bonchev–Trinajstić information content (AvgIpc) is 2.82. The molecule has 2 rings (SSSR count). The first-order valence-corrected chi connectivity index (χ1v) is 7.51. The molecule has 0 aliphatic carbocycles. The summed E-state index contributed by atoms with van der Waals surface area (Å²) in [5.41, 5.74) is 0.421. The Labute approximate surface area is 127 Å². The van der Waals surface area contributed by atoms with E-state index >= 15 is 0 Å². The van der Waals surface area contributed by atoms with Crippen molar-refractivity contribution >= 4 is 31.9 Å². The summed E-state index contributed by atoms with van der Waals surface area (Å²) in [4.78, 5) is 0. The number of nitrogens with zero attached hydrogens (tertiary/aromatic N) is 3. The maximum atomic E-state index is 14.1. The van der Waals surface area contributed by atoms with Crippen LogP contribution in [0.5, 0.6) is 0 Å². The quantitative estimate of drug-likeness (QED) is 0.732. The fourth-order valence-electron chi connectivity index (χ4n) is 1.73. The lowest BCUT2D eigenvalue weighted by Crippen LogP contribution is -2.09. The molecule has 1 aromatic carbocycles. The Hall–Kier alpha value is -0.790. The van der Waals surface area contributed by atoms with Crippen LogP contribution in [0.4, 0.5) is 4.39 Å². The Morgan fingerprint density at radius 1 is 1.37 bits per heavy atom. The molecule has 0 bridgehead atoms. The second-order valence-electron chi connectivity index (χ2n) is 3.82. The van der Waals surface area contributed by atoms with E-state index in [0.29, 0.717) is 34.3 Å². The van der Waals surface area contributed by atoms with Gasteiger partial charge < -0.3 is 9.30 Å². The van der Waals surface area contributed by atoms with Crippen molar-refractivity contribution in [2.45, 2.75) is 11.9 Å². The molecule has 1 aromatic heterocycles. The van der Waals surface area contributed by atoms with Gasteiger partial charge in [-0.3, -0.25) is 0 Å². The minimum atomic E-state index is -0.338. The minimum Gasteiger partial charge on any atom is -0.383 e. The number of rotatable bonds is 5. The monoisotopic (exact) mass is 391 g/mol. The maximum absolute atomic E-state index is 14.1. The van der Waals surface area contributed by atoms with E-state index in [1.807, 2.05) is 4.57 Å². The van der Waals surface area contributed by atoms with E-state index in [9.17, 15) is 4.39 Å². The van der Waals surface area contributed by atoms with E-state index in [-0.39, 0.29) is 5.82 Å². The second kappa shape index (κ2) is 6.58. The zero-order valence-electron chi connectivity index (χ0n) is 10.2. The highest BCUT2D eigenvalue weighted by Crippen LogP contribution is 2.27. The molecule has 19 heavy (non-hydrogen) atoms. The SMILES string of the molecule is COCCn1c(CBr)nnc1-c1cccc(Br)c1F. The van der Waals surface area contributed by atoms with Crippen molar-refractivity contribution in [1.82, 2.24) is 14.8 Å². The normalized spacial score (nSPS) is 10.9. The van der Waals surface area contributed by atoms with E-state index in [0.717, 1.165) is 5.82 Å². The topological polar surface area (TPSA) is 39.9 Å². The molecule has 0 saturated carbocycles. The number of ether oxygens (including phenoxy) is 1. The summed E-state index contributed by atoms with van der Waals surface area (Å²) in [5, 5.41) is 8.70. The highest BCUT2D eigenvalue weighted by atomic mass is 79.9. The predicted molar refractivity (Wildman–Crippen MR) is 77.6 cm³/mol. The molecule has 0 spiro atoms. The largest absolute Gasteiger partial charge is 0.383 e. The van der Waals surface area contributed by atoms with Crippen molar-refractivity contribution in [2.24, 2.45) is 0 Å². The molecule has 0 atom stereocenters. The molecule has 102 valence electrons. The van der Waals surface area contributed by atoms with Crippen LogP contribution in [0.1, 0.15) is 5.82 Å². The first-order valence-electron chi connectivity index (χ1n) is 5.60. The van der Waals surface area contributed by atoms with Gasteiger partial charge in [-0.1, -0.05) is 22.0 Å². The standard InChI is InChI=1S/C12H12Br2FN3O/c1-19-6-5-18-10(7-13)16-17-12(18)8-3-2-4-9(14)11(8)15/h2-4H,5-7H2,1H3. The molecule has 1 heterocycles. The molecular formula is C12H12Br2FN3O. The summed E-state index contributed by atoms with van der Waals surface area (Å²) in [6.45, 7) is 1.09. The van der Waals surface area contributed by atoms with Crippen LogP contribution in [-0.4, -0.2) is 28.5 Å². The van der Waals surface area contributed by atoms with Crippen LogP contribution in [0.2, 0.25) is 0 Å². The first-order chi connectivity index (χ1) is 9.19. The van der Waals surface area contributed by atoms with Gasteiger partial charge >= 0.3 is 0 Å². The minimum absolute atomic E-state index is 0.338. The predicted octanol–water partition coefficient (Wildman–Crippen LogP) is 3.39. The molecule has 0 unspecified atom stereocenters. The van der Waals surface area contributed by atoms with Crippen molar-refractivity contribution in [3.8, 4) is 11.4 Å². The average molecular weight is 393 g/mol. The van der Waals surface area contributed by atoms with Gasteiger partial charge in [-0.25, -0.2) is 4.39 Å². The van der Waals surface area contributed by atoms with Crippen molar-refractivity contribution in [3.05, 3.63) is 34.3 Å². The van der Waals surface area contributed by atoms with E-state index < -0.39 is 0 Å². The maximum Gasteiger partial charge on any atom is 0.167 e. The van der Waals surface area contributed by atoms with Gasteiger partial charge in [0.1, 0.15) is 11.6 Å². The molecule has 0 radical (unpaired) electrons. The van der Waals surface area contributed by atoms with Crippen LogP contribution in [0.15, 0.2) is 22.7 Å². The Morgan fingerprint density at radius 3 is 2.84 bits per heavy atom. The third-order valence-corrected chi connectivity index (χ3v) is 3.77. The van der Waals surface area contributed by atoms with Gasteiger partial charge in [-0.05, 0) is 28.1 Å². The summed E-state index contributed by atoms with van der Waals surface area (Å²) in [6.07, 6.45) is 0. The van der Waals surface area contributed by atoms with Gasteiger partial charge in [0.05, 0.1) is 22.0 Å². The number of hydrogen-bond acceptors (Lipinski definition) is 3. The number of benzene rings is 1. The van der Waals surface area contributed by atoms with Crippen LogP contribution in [0.3, 0.4) is 0 Å². The van der Waals surface area contributed by atoms with Crippen molar-refractivity contribution < 1.29 is 9.13 Å². The molecular weight excluding hydrogens is 381 g/mol. The summed E-state index contributed by atoms with van der Waals surface area (Å²) in [5.74, 6) is 0.909. The smallest absolute Gasteiger partial charge is 0.167 e. The number of alkyl halides is 1. The van der Waals surface area contributed by atoms with Crippen LogP contribution in [-0.2, 0) is 16.6 Å². The highest BCUT2D eigenvalue weighted by Gasteiger charge is 2.17. The molecule has 2 aromatic rings. The Morgan fingerprint density at radius 2 is 2.16 bits per heavy atom. The summed E-state index contributed by atoms with van der Waals surface area (Å²) in [7, 11) is 1.62. The molecule has 0 fully saturated rings. The Kier molecular flexibility index (Phi) is 5.06. The first kappa shape index (κ1) is 14.6. The van der Waals surface area contributed by atoms with Crippen LogP contribution < -0.4 is 0 Å². The van der Waals surface area contributed by atoms with Gasteiger partial charge in [-0.2, -0.15) is 0 Å².